The predicted molar refractivity (Wildman–Crippen MR) is 146 cm³/mol. The standard InChI is InChI=1S/C30H32N4O3/c1-21-12-13-24(29(35)32-25-14-15-25)19-27(21)34-28(31)26(18-22-8-4-2-5-9-22)30(33-34)37-17-16-36-20-23-10-6-3-7-11-23/h2-13,18-19,25,28H,14-17,20,31H2,1H3,(H,32,35). The molecule has 0 radical (unpaired) electrons. The number of anilines is 1. The highest BCUT2D eigenvalue weighted by atomic mass is 16.5. The van der Waals surface area contributed by atoms with Crippen molar-refractivity contribution in [2.75, 3.05) is 18.2 Å². The van der Waals surface area contributed by atoms with Gasteiger partial charge in [-0.25, -0.2) is 5.01 Å². The number of carbonyl (C=O) groups is 1. The minimum Gasteiger partial charge on any atom is -0.474 e. The Morgan fingerprint density at radius 3 is 2.51 bits per heavy atom. The van der Waals surface area contributed by atoms with Crippen molar-refractivity contribution < 1.29 is 14.3 Å². The Morgan fingerprint density at radius 1 is 1.05 bits per heavy atom. The molecule has 1 aliphatic carbocycles. The molecule has 3 aromatic rings. The Bertz CT molecular complexity index is 1290. The molecular formula is C30H32N4O3. The zero-order valence-corrected chi connectivity index (χ0v) is 21.0. The van der Waals surface area contributed by atoms with E-state index >= 15 is 0 Å². The zero-order valence-electron chi connectivity index (χ0n) is 21.0. The number of hydrazone groups is 1. The molecule has 0 spiro atoms. The first-order chi connectivity index (χ1) is 18.1. The second kappa shape index (κ2) is 11.4. The van der Waals surface area contributed by atoms with Crippen molar-refractivity contribution in [1.29, 1.82) is 0 Å². The van der Waals surface area contributed by atoms with Crippen LogP contribution in [0.2, 0.25) is 0 Å². The summed E-state index contributed by atoms with van der Waals surface area (Å²) in [6, 6.07) is 25.9. The number of nitrogens with one attached hydrogen (secondary N) is 1. The number of nitrogens with two attached hydrogens (primary N) is 1. The maximum Gasteiger partial charge on any atom is 0.251 e. The zero-order chi connectivity index (χ0) is 25.6. The van der Waals surface area contributed by atoms with Gasteiger partial charge in [0, 0.05) is 11.6 Å². The van der Waals surface area contributed by atoms with E-state index in [1.54, 1.807) is 5.01 Å². The minimum atomic E-state index is -0.569. The number of carbonyl (C=O) groups excluding carboxylic acids is 1. The van der Waals surface area contributed by atoms with Crippen molar-refractivity contribution in [1.82, 2.24) is 5.32 Å². The van der Waals surface area contributed by atoms with Crippen LogP contribution in [0.3, 0.4) is 0 Å². The Morgan fingerprint density at radius 2 is 1.78 bits per heavy atom. The summed E-state index contributed by atoms with van der Waals surface area (Å²) in [4.78, 5) is 12.7. The first-order valence-corrected chi connectivity index (χ1v) is 12.6. The molecule has 1 unspecified atom stereocenters. The molecule has 37 heavy (non-hydrogen) atoms. The lowest BCUT2D eigenvalue weighted by Crippen LogP contribution is -2.37. The quantitative estimate of drug-likeness (QED) is 0.422. The fourth-order valence-electron chi connectivity index (χ4n) is 4.12. The minimum absolute atomic E-state index is 0.0763. The Kier molecular flexibility index (Phi) is 7.63. The van der Waals surface area contributed by atoms with Gasteiger partial charge in [0.1, 0.15) is 12.8 Å². The molecule has 0 aromatic heterocycles. The van der Waals surface area contributed by atoms with Gasteiger partial charge < -0.3 is 20.5 Å². The van der Waals surface area contributed by atoms with Gasteiger partial charge >= 0.3 is 0 Å². The topological polar surface area (TPSA) is 89.2 Å². The van der Waals surface area contributed by atoms with E-state index in [2.05, 4.69) is 5.32 Å². The lowest BCUT2D eigenvalue weighted by molar-refractivity contribution is 0.0857. The number of benzene rings is 3. The summed E-state index contributed by atoms with van der Waals surface area (Å²) in [5.74, 6) is 0.375. The monoisotopic (exact) mass is 496 g/mol. The van der Waals surface area contributed by atoms with Crippen molar-refractivity contribution >= 4 is 23.6 Å². The van der Waals surface area contributed by atoms with Gasteiger partial charge in [0.15, 0.2) is 0 Å². The molecule has 1 heterocycles. The summed E-state index contributed by atoms with van der Waals surface area (Å²) < 4.78 is 11.9. The lowest BCUT2D eigenvalue weighted by atomic mass is 10.1. The fraction of sp³-hybridized carbons (Fsp3) is 0.267. The molecule has 7 heteroatoms. The summed E-state index contributed by atoms with van der Waals surface area (Å²) in [7, 11) is 0. The van der Waals surface area contributed by atoms with E-state index in [4.69, 9.17) is 20.3 Å². The average molecular weight is 497 g/mol. The van der Waals surface area contributed by atoms with E-state index in [-0.39, 0.29) is 11.9 Å². The van der Waals surface area contributed by atoms with Gasteiger partial charge in [0.05, 0.1) is 24.5 Å². The number of hydrogen-bond acceptors (Lipinski definition) is 6. The number of aryl methyl sites for hydroxylation is 1. The van der Waals surface area contributed by atoms with Crippen LogP contribution in [0.5, 0.6) is 0 Å². The highest BCUT2D eigenvalue weighted by Crippen LogP contribution is 2.31. The van der Waals surface area contributed by atoms with Gasteiger partial charge in [-0.3, -0.25) is 4.79 Å². The van der Waals surface area contributed by atoms with Crippen LogP contribution in [-0.4, -0.2) is 37.2 Å². The number of hydrogen-bond donors (Lipinski definition) is 2. The van der Waals surface area contributed by atoms with Crippen molar-refractivity contribution in [2.24, 2.45) is 10.8 Å². The second-order valence-corrected chi connectivity index (χ2v) is 9.34. The van der Waals surface area contributed by atoms with Gasteiger partial charge in [0.2, 0.25) is 5.90 Å². The Balaban J connectivity index is 1.34. The number of nitrogens with zero attached hydrogens (tertiary/aromatic N) is 2. The summed E-state index contributed by atoms with van der Waals surface area (Å²) in [6.07, 6.45) is 3.50. The molecule has 0 bridgehead atoms. The molecule has 2 aliphatic rings. The SMILES string of the molecule is Cc1ccc(C(=O)NC2CC2)cc1N1N=C(OCCOCc2ccccc2)C(=Cc2ccccc2)C1N. The maximum atomic E-state index is 12.7. The van der Waals surface area contributed by atoms with Crippen LogP contribution >= 0.6 is 0 Å². The van der Waals surface area contributed by atoms with Crippen LogP contribution in [0.15, 0.2) is 89.5 Å². The summed E-state index contributed by atoms with van der Waals surface area (Å²) >= 11 is 0. The predicted octanol–water partition coefficient (Wildman–Crippen LogP) is 4.62. The third-order valence-electron chi connectivity index (χ3n) is 6.36. The third-order valence-corrected chi connectivity index (χ3v) is 6.36. The maximum absolute atomic E-state index is 12.7. The van der Waals surface area contributed by atoms with Crippen LogP contribution in [0.25, 0.3) is 6.08 Å². The first kappa shape index (κ1) is 24.7. The number of amides is 1. The Hall–Kier alpha value is -3.94. The summed E-state index contributed by atoms with van der Waals surface area (Å²) in [6.45, 7) is 3.25. The highest BCUT2D eigenvalue weighted by Gasteiger charge is 2.33. The van der Waals surface area contributed by atoms with Crippen LogP contribution in [-0.2, 0) is 16.1 Å². The van der Waals surface area contributed by atoms with Crippen molar-refractivity contribution in [3.8, 4) is 0 Å². The normalized spacial score (nSPS) is 18.1. The van der Waals surface area contributed by atoms with E-state index in [1.807, 2.05) is 91.9 Å². The highest BCUT2D eigenvalue weighted by molar-refractivity contribution is 6.03. The average Bonchev–Trinajstić information content (AvgIpc) is 3.69. The molecule has 5 rings (SSSR count). The molecule has 1 saturated carbocycles. The molecule has 7 nitrogen and oxygen atoms in total. The molecule has 3 aromatic carbocycles. The van der Waals surface area contributed by atoms with Crippen LogP contribution in [0.1, 0.15) is 39.9 Å². The van der Waals surface area contributed by atoms with Gasteiger partial charge in [-0.15, -0.1) is 5.10 Å². The van der Waals surface area contributed by atoms with Crippen LogP contribution < -0.4 is 16.1 Å². The number of rotatable bonds is 9. The second-order valence-electron chi connectivity index (χ2n) is 9.34. The van der Waals surface area contributed by atoms with Crippen LogP contribution in [0, 0.1) is 6.92 Å². The van der Waals surface area contributed by atoms with E-state index in [9.17, 15) is 4.79 Å². The van der Waals surface area contributed by atoms with Crippen LogP contribution in [0.4, 0.5) is 5.69 Å². The molecule has 1 aliphatic heterocycles. The molecule has 0 saturated heterocycles. The van der Waals surface area contributed by atoms with E-state index < -0.39 is 6.17 Å². The Labute approximate surface area is 217 Å². The largest absolute Gasteiger partial charge is 0.474 e. The fourth-order valence-corrected chi connectivity index (χ4v) is 4.12. The van der Waals surface area contributed by atoms with Gasteiger partial charge in [-0.1, -0.05) is 66.7 Å². The molecular weight excluding hydrogens is 464 g/mol. The van der Waals surface area contributed by atoms with E-state index in [0.717, 1.165) is 40.8 Å². The molecule has 190 valence electrons. The first-order valence-electron chi connectivity index (χ1n) is 12.6. The lowest BCUT2D eigenvalue weighted by Gasteiger charge is -2.22. The molecule has 3 N–H and O–H groups in total. The van der Waals surface area contributed by atoms with Gasteiger partial charge in [0.25, 0.3) is 5.91 Å². The summed E-state index contributed by atoms with van der Waals surface area (Å²) in [5.41, 5.74) is 11.9. The van der Waals surface area contributed by atoms with Gasteiger partial charge in [-0.2, -0.15) is 0 Å². The molecule has 1 amide bonds. The van der Waals surface area contributed by atoms with Crippen molar-refractivity contribution in [3.05, 3.63) is 107 Å². The smallest absolute Gasteiger partial charge is 0.251 e. The van der Waals surface area contributed by atoms with Gasteiger partial charge in [-0.05, 0) is 54.7 Å². The number of ether oxygens (including phenoxy) is 2. The van der Waals surface area contributed by atoms with E-state index in [1.165, 1.54) is 0 Å². The summed E-state index contributed by atoms with van der Waals surface area (Å²) in [5, 5.41) is 9.53. The van der Waals surface area contributed by atoms with E-state index in [0.29, 0.717) is 31.3 Å². The molecule has 1 atom stereocenters. The third kappa shape index (κ3) is 6.25. The van der Waals surface area contributed by atoms with Crippen molar-refractivity contribution in [2.45, 2.75) is 38.6 Å². The van der Waals surface area contributed by atoms with Crippen molar-refractivity contribution in [3.63, 3.8) is 0 Å². The molecule has 1 fully saturated rings.